The summed E-state index contributed by atoms with van der Waals surface area (Å²) < 4.78 is 0. The van der Waals surface area contributed by atoms with Crippen molar-refractivity contribution in [3.63, 3.8) is 0 Å². The largest absolute Gasteiger partial charge is 0.368 e. The van der Waals surface area contributed by atoms with Crippen LogP contribution in [-0.4, -0.2) is 17.6 Å². The first-order valence-electron chi connectivity index (χ1n) is 2.33. The molecule has 0 spiro atoms. The summed E-state index contributed by atoms with van der Waals surface area (Å²) in [6.07, 6.45) is 0. The molecule has 0 heterocycles. The predicted octanol–water partition coefficient (Wildman–Crippen LogP) is -0.185. The zero-order chi connectivity index (χ0) is 7.28. The second-order valence-corrected chi connectivity index (χ2v) is 1.24. The Balaban J connectivity index is 3.67. The zero-order valence-corrected chi connectivity index (χ0v) is 5.00. The standard InChI is InChI=1S/C3H8N4O2/c1-2-7(3(4)5)9-6-8/h2H2,1H3,(H3,4,5). The van der Waals surface area contributed by atoms with Crippen LogP contribution in [0.2, 0.25) is 0 Å². The van der Waals surface area contributed by atoms with Crippen LogP contribution in [0, 0.1) is 10.3 Å². The van der Waals surface area contributed by atoms with Crippen LogP contribution < -0.4 is 5.73 Å². The molecule has 3 N–H and O–H groups in total. The van der Waals surface area contributed by atoms with E-state index in [1.165, 1.54) is 0 Å². The van der Waals surface area contributed by atoms with E-state index in [1.54, 1.807) is 6.92 Å². The molecule has 0 atom stereocenters. The first kappa shape index (κ1) is 7.67. The monoisotopic (exact) mass is 132 g/mol. The Bertz CT molecular complexity index is 114. The van der Waals surface area contributed by atoms with Crippen molar-refractivity contribution in [2.45, 2.75) is 6.92 Å². The molecule has 0 aliphatic rings. The van der Waals surface area contributed by atoms with Crippen LogP contribution >= 0.6 is 0 Å². The number of guanidine groups is 1. The van der Waals surface area contributed by atoms with E-state index >= 15 is 0 Å². The lowest BCUT2D eigenvalue weighted by atomic mass is 10.7. The normalized spacial score (nSPS) is 8.11. The predicted molar refractivity (Wildman–Crippen MR) is 31.2 cm³/mol. The van der Waals surface area contributed by atoms with Crippen molar-refractivity contribution in [1.82, 2.24) is 5.06 Å². The van der Waals surface area contributed by atoms with Gasteiger partial charge in [0.25, 0.3) is 0 Å². The lowest BCUT2D eigenvalue weighted by molar-refractivity contribution is -0.0989. The molecule has 9 heavy (non-hydrogen) atoms. The van der Waals surface area contributed by atoms with E-state index in [0.717, 1.165) is 5.06 Å². The molecule has 0 aromatic heterocycles. The molecular formula is C3H8N4O2. The highest BCUT2D eigenvalue weighted by molar-refractivity contribution is 5.73. The summed E-state index contributed by atoms with van der Waals surface area (Å²) in [5, 5.41) is 9.67. The molecule has 0 aliphatic heterocycles. The Hall–Kier alpha value is -1.33. The molecule has 52 valence electrons. The maximum atomic E-state index is 9.41. The highest BCUT2D eigenvalue weighted by atomic mass is 16.9. The molecule has 0 radical (unpaired) electrons. The lowest BCUT2D eigenvalue weighted by Crippen LogP contribution is -2.34. The molecule has 0 aromatic carbocycles. The summed E-state index contributed by atoms with van der Waals surface area (Å²) in [6, 6.07) is 0. The first-order chi connectivity index (χ1) is 4.22. The van der Waals surface area contributed by atoms with E-state index in [1.807, 2.05) is 0 Å². The zero-order valence-electron chi connectivity index (χ0n) is 5.00. The fraction of sp³-hybridized carbons (Fsp3) is 0.667. The maximum Gasteiger partial charge on any atom is 0.224 e. The Kier molecular flexibility index (Phi) is 3.11. The number of nitrogens with one attached hydrogen (secondary N) is 1. The van der Waals surface area contributed by atoms with E-state index < -0.39 is 0 Å². The Morgan fingerprint density at radius 3 is 2.67 bits per heavy atom. The summed E-state index contributed by atoms with van der Waals surface area (Å²) >= 11 is 0. The topological polar surface area (TPSA) is 91.8 Å². The van der Waals surface area contributed by atoms with Crippen LogP contribution in [0.5, 0.6) is 0 Å². The van der Waals surface area contributed by atoms with E-state index in [4.69, 9.17) is 11.1 Å². The van der Waals surface area contributed by atoms with Gasteiger partial charge in [-0.05, 0) is 6.92 Å². The summed E-state index contributed by atoms with van der Waals surface area (Å²) in [5.74, 6) is -0.336. The van der Waals surface area contributed by atoms with E-state index in [-0.39, 0.29) is 5.96 Å². The maximum absolute atomic E-state index is 9.41. The second kappa shape index (κ2) is 3.65. The number of hydrogen-bond acceptors (Lipinski definition) is 4. The lowest BCUT2D eigenvalue weighted by Gasteiger charge is -2.12. The van der Waals surface area contributed by atoms with Crippen molar-refractivity contribution in [1.29, 1.82) is 5.41 Å². The molecule has 0 saturated heterocycles. The molecule has 6 nitrogen and oxygen atoms in total. The van der Waals surface area contributed by atoms with Crippen molar-refractivity contribution in [2.24, 2.45) is 11.1 Å². The van der Waals surface area contributed by atoms with Gasteiger partial charge in [0.15, 0.2) is 5.34 Å². The number of hydrogen-bond donors (Lipinski definition) is 2. The van der Waals surface area contributed by atoms with Crippen LogP contribution in [0.1, 0.15) is 6.92 Å². The summed E-state index contributed by atoms with van der Waals surface area (Å²) in [6.45, 7) is 1.99. The van der Waals surface area contributed by atoms with Crippen LogP contribution in [0.15, 0.2) is 5.34 Å². The molecule has 0 aliphatic carbocycles. The van der Waals surface area contributed by atoms with Gasteiger partial charge in [-0.15, -0.1) is 9.97 Å². The van der Waals surface area contributed by atoms with Gasteiger partial charge in [0.1, 0.15) is 0 Å². The minimum Gasteiger partial charge on any atom is -0.368 e. The van der Waals surface area contributed by atoms with Crippen molar-refractivity contribution in [2.75, 3.05) is 6.54 Å². The second-order valence-electron chi connectivity index (χ2n) is 1.24. The van der Waals surface area contributed by atoms with E-state index in [0.29, 0.717) is 6.54 Å². The number of nitrogens with two attached hydrogens (primary N) is 1. The highest BCUT2D eigenvalue weighted by Gasteiger charge is 2.02. The molecule has 0 fully saturated rings. The van der Waals surface area contributed by atoms with E-state index in [9.17, 15) is 4.91 Å². The molecular weight excluding hydrogens is 124 g/mol. The highest BCUT2D eigenvalue weighted by Crippen LogP contribution is 1.86. The average molecular weight is 132 g/mol. The van der Waals surface area contributed by atoms with Crippen LogP contribution in [0.4, 0.5) is 0 Å². The summed E-state index contributed by atoms with van der Waals surface area (Å²) in [7, 11) is 0. The van der Waals surface area contributed by atoms with Gasteiger partial charge in [0.05, 0.1) is 6.54 Å². The number of rotatable bonds is 3. The van der Waals surface area contributed by atoms with Crippen molar-refractivity contribution >= 4 is 5.96 Å². The smallest absolute Gasteiger partial charge is 0.224 e. The van der Waals surface area contributed by atoms with Crippen molar-refractivity contribution < 1.29 is 4.94 Å². The molecule has 0 unspecified atom stereocenters. The van der Waals surface area contributed by atoms with Gasteiger partial charge in [0, 0.05) is 0 Å². The minimum atomic E-state index is -0.336. The Morgan fingerprint density at radius 1 is 2.00 bits per heavy atom. The van der Waals surface area contributed by atoms with E-state index in [2.05, 4.69) is 10.3 Å². The fourth-order valence-corrected chi connectivity index (χ4v) is 0.312. The molecule has 0 bridgehead atoms. The minimum absolute atomic E-state index is 0.321. The number of hydroxylamine groups is 2. The van der Waals surface area contributed by atoms with Gasteiger partial charge in [-0.3, -0.25) is 5.41 Å². The van der Waals surface area contributed by atoms with Gasteiger partial charge in [0.2, 0.25) is 5.96 Å². The molecule has 0 amide bonds. The van der Waals surface area contributed by atoms with Gasteiger partial charge in [-0.1, -0.05) is 0 Å². The Morgan fingerprint density at radius 2 is 2.56 bits per heavy atom. The van der Waals surface area contributed by atoms with Crippen LogP contribution in [0.25, 0.3) is 0 Å². The SMILES string of the molecule is CCN(ON=O)C(=N)N. The average Bonchev–Trinajstić information content (AvgIpc) is 1.82. The third-order valence-electron chi connectivity index (χ3n) is 0.688. The van der Waals surface area contributed by atoms with Crippen LogP contribution in [-0.2, 0) is 4.94 Å². The Labute approximate surface area is 52.0 Å². The van der Waals surface area contributed by atoms with Gasteiger partial charge in [-0.25, -0.2) is 4.94 Å². The molecule has 0 saturated carbocycles. The van der Waals surface area contributed by atoms with Gasteiger partial charge < -0.3 is 5.73 Å². The summed E-state index contributed by atoms with van der Waals surface area (Å²) in [4.78, 5) is 13.4. The molecule has 6 heteroatoms. The summed E-state index contributed by atoms with van der Waals surface area (Å²) in [5.41, 5.74) is 4.92. The number of nitrogens with zero attached hydrogens (tertiary/aromatic N) is 2. The van der Waals surface area contributed by atoms with Crippen molar-refractivity contribution in [3.8, 4) is 0 Å². The first-order valence-corrected chi connectivity index (χ1v) is 2.33. The third kappa shape index (κ3) is 2.47. The van der Waals surface area contributed by atoms with Gasteiger partial charge in [-0.2, -0.15) is 0 Å². The van der Waals surface area contributed by atoms with Gasteiger partial charge >= 0.3 is 0 Å². The van der Waals surface area contributed by atoms with Crippen molar-refractivity contribution in [3.05, 3.63) is 4.91 Å². The molecule has 0 aromatic rings. The van der Waals surface area contributed by atoms with Crippen LogP contribution in [0.3, 0.4) is 0 Å². The molecule has 0 rings (SSSR count). The quantitative estimate of drug-likeness (QED) is 0.241. The fourth-order valence-electron chi connectivity index (χ4n) is 0.312. The third-order valence-corrected chi connectivity index (χ3v) is 0.688.